The zero-order valence-electron chi connectivity index (χ0n) is 9.74. The number of rotatable bonds is 6. The number of carbonyl (C=O) groups is 1. The van der Waals surface area contributed by atoms with Gasteiger partial charge in [0.2, 0.25) is 6.41 Å². The molecular formula is C9H11ClN4O3S. The van der Waals surface area contributed by atoms with Crippen molar-refractivity contribution in [2.75, 3.05) is 14.1 Å². The van der Waals surface area contributed by atoms with E-state index in [1.807, 2.05) is 0 Å². The molecule has 0 aliphatic heterocycles. The summed E-state index contributed by atoms with van der Waals surface area (Å²) >= 11 is 6.98. The van der Waals surface area contributed by atoms with Gasteiger partial charge in [-0.15, -0.1) is 11.3 Å². The predicted molar refractivity (Wildman–Crippen MR) is 67.5 cm³/mol. The van der Waals surface area contributed by atoms with E-state index in [0.717, 1.165) is 16.0 Å². The minimum absolute atomic E-state index is 0.180. The summed E-state index contributed by atoms with van der Waals surface area (Å²) in [6.45, 7) is 0.377. The molecule has 0 saturated heterocycles. The van der Waals surface area contributed by atoms with Crippen LogP contribution in [0.1, 0.15) is 4.88 Å². The first-order valence-electron chi connectivity index (χ1n) is 4.79. The minimum Gasteiger partial charge on any atom is -0.351 e. The number of aromatic nitrogens is 1. The number of thiazole rings is 1. The van der Waals surface area contributed by atoms with Crippen molar-refractivity contribution in [3.05, 3.63) is 37.7 Å². The Bertz CT molecular complexity index is 476. The molecule has 18 heavy (non-hydrogen) atoms. The van der Waals surface area contributed by atoms with E-state index in [9.17, 15) is 14.9 Å². The maximum Gasteiger partial charge on any atom is 0.274 e. The van der Waals surface area contributed by atoms with Crippen LogP contribution in [0.2, 0.25) is 4.47 Å². The second-order valence-electron chi connectivity index (χ2n) is 3.42. The molecule has 1 aromatic rings. The summed E-state index contributed by atoms with van der Waals surface area (Å²) in [5.74, 6) is 0.180. The first-order valence-corrected chi connectivity index (χ1v) is 5.98. The molecule has 0 spiro atoms. The molecule has 0 atom stereocenters. The number of nitrogens with zero attached hydrogens (tertiary/aromatic N) is 4. The average molecular weight is 291 g/mol. The Labute approximate surface area is 112 Å². The Morgan fingerprint density at radius 1 is 1.67 bits per heavy atom. The molecule has 0 aliphatic carbocycles. The Morgan fingerprint density at radius 2 is 2.33 bits per heavy atom. The van der Waals surface area contributed by atoms with E-state index in [2.05, 4.69) is 4.98 Å². The van der Waals surface area contributed by atoms with Gasteiger partial charge in [-0.1, -0.05) is 11.6 Å². The topological polar surface area (TPSA) is 79.6 Å². The van der Waals surface area contributed by atoms with Crippen LogP contribution in [-0.2, 0) is 11.3 Å². The summed E-state index contributed by atoms with van der Waals surface area (Å²) in [5.41, 5.74) is 0. The van der Waals surface area contributed by atoms with E-state index in [0.29, 0.717) is 17.4 Å². The Kier molecular flexibility index (Phi) is 5.05. The molecule has 0 unspecified atom stereocenters. The third-order valence-corrected chi connectivity index (χ3v) is 3.15. The van der Waals surface area contributed by atoms with Crippen molar-refractivity contribution >= 4 is 29.3 Å². The number of carbonyl (C=O) groups excluding carboxylic acids is 1. The van der Waals surface area contributed by atoms with Crippen molar-refractivity contribution in [1.29, 1.82) is 0 Å². The van der Waals surface area contributed by atoms with Gasteiger partial charge in [0.05, 0.1) is 11.5 Å². The molecule has 0 N–H and O–H groups in total. The molecule has 0 radical (unpaired) electrons. The number of halogens is 1. The minimum atomic E-state index is -0.606. The van der Waals surface area contributed by atoms with Crippen LogP contribution < -0.4 is 0 Å². The fourth-order valence-corrected chi connectivity index (χ4v) is 2.31. The molecule has 0 fully saturated rings. The second kappa shape index (κ2) is 6.31. The lowest BCUT2D eigenvalue weighted by molar-refractivity contribution is -0.405. The molecule has 1 aromatic heterocycles. The van der Waals surface area contributed by atoms with Gasteiger partial charge in [-0.25, -0.2) is 4.98 Å². The SMILES string of the molecule is CN(C=O)C(=C[N+](=O)[O-])N(C)Cc1cnc(Cl)s1. The third-order valence-electron chi connectivity index (χ3n) is 2.05. The van der Waals surface area contributed by atoms with Gasteiger partial charge < -0.3 is 4.90 Å². The summed E-state index contributed by atoms with van der Waals surface area (Å²) in [5, 5.41) is 10.5. The Morgan fingerprint density at radius 3 is 2.78 bits per heavy atom. The van der Waals surface area contributed by atoms with Crippen LogP contribution in [-0.4, -0.2) is 40.2 Å². The lowest BCUT2D eigenvalue weighted by Gasteiger charge is -2.24. The normalized spacial score (nSPS) is 11.2. The molecule has 0 aliphatic rings. The first-order chi connectivity index (χ1) is 8.43. The third kappa shape index (κ3) is 3.97. The van der Waals surface area contributed by atoms with Gasteiger partial charge in [0.15, 0.2) is 10.3 Å². The molecule has 0 aromatic carbocycles. The van der Waals surface area contributed by atoms with Crippen LogP contribution in [0.3, 0.4) is 0 Å². The summed E-state index contributed by atoms with van der Waals surface area (Å²) in [7, 11) is 3.08. The van der Waals surface area contributed by atoms with E-state index in [1.54, 1.807) is 18.1 Å². The monoisotopic (exact) mass is 290 g/mol. The van der Waals surface area contributed by atoms with E-state index >= 15 is 0 Å². The predicted octanol–water partition coefficient (Wildman–Crippen LogP) is 1.39. The standard InChI is InChI=1S/C9H11ClN4O3S/c1-12(4-7-3-11-9(10)18-7)8(5-14(16)17)13(2)6-15/h3,5-6H,4H2,1-2H3. The Balaban J connectivity index is 2.86. The average Bonchev–Trinajstić information content (AvgIpc) is 2.70. The zero-order chi connectivity index (χ0) is 13.7. The first kappa shape index (κ1) is 14.4. The van der Waals surface area contributed by atoms with E-state index in [4.69, 9.17) is 11.6 Å². The molecule has 1 amide bonds. The lowest BCUT2D eigenvalue weighted by Crippen LogP contribution is -2.30. The van der Waals surface area contributed by atoms with Crippen molar-refractivity contribution < 1.29 is 9.72 Å². The number of amides is 1. The summed E-state index contributed by atoms with van der Waals surface area (Å²) < 4.78 is 0.405. The molecule has 0 saturated carbocycles. The smallest absolute Gasteiger partial charge is 0.274 e. The highest BCUT2D eigenvalue weighted by Gasteiger charge is 2.15. The van der Waals surface area contributed by atoms with Crippen LogP contribution in [0, 0.1) is 10.1 Å². The number of hydrogen-bond acceptors (Lipinski definition) is 6. The number of nitro groups is 1. The van der Waals surface area contributed by atoms with Crippen molar-refractivity contribution in [1.82, 2.24) is 14.8 Å². The van der Waals surface area contributed by atoms with Crippen molar-refractivity contribution in [2.45, 2.75) is 6.54 Å². The molecule has 1 heterocycles. The van der Waals surface area contributed by atoms with Gasteiger partial charge in [-0.3, -0.25) is 19.8 Å². The molecule has 9 heteroatoms. The summed E-state index contributed by atoms with van der Waals surface area (Å²) in [6.07, 6.45) is 2.87. The van der Waals surface area contributed by atoms with E-state index in [1.165, 1.54) is 18.4 Å². The van der Waals surface area contributed by atoms with Gasteiger partial charge in [0.1, 0.15) is 0 Å². The Hall–Kier alpha value is -1.67. The highest BCUT2D eigenvalue weighted by molar-refractivity contribution is 7.15. The summed E-state index contributed by atoms with van der Waals surface area (Å²) in [6, 6.07) is 0. The van der Waals surface area contributed by atoms with Crippen molar-refractivity contribution in [2.24, 2.45) is 0 Å². The van der Waals surface area contributed by atoms with Gasteiger partial charge in [0, 0.05) is 25.2 Å². The molecule has 7 nitrogen and oxygen atoms in total. The largest absolute Gasteiger partial charge is 0.351 e. The fourth-order valence-electron chi connectivity index (χ4n) is 1.28. The van der Waals surface area contributed by atoms with Gasteiger partial charge >= 0.3 is 0 Å². The van der Waals surface area contributed by atoms with Crippen LogP contribution in [0.4, 0.5) is 0 Å². The van der Waals surface area contributed by atoms with E-state index in [-0.39, 0.29) is 5.82 Å². The van der Waals surface area contributed by atoms with Crippen molar-refractivity contribution in [3.8, 4) is 0 Å². The molecule has 1 rings (SSSR count). The van der Waals surface area contributed by atoms with Gasteiger partial charge in [-0.2, -0.15) is 0 Å². The highest BCUT2D eigenvalue weighted by atomic mass is 35.5. The van der Waals surface area contributed by atoms with Crippen molar-refractivity contribution in [3.63, 3.8) is 0 Å². The van der Waals surface area contributed by atoms with Gasteiger partial charge in [0.25, 0.3) is 6.20 Å². The maximum atomic E-state index is 10.7. The number of hydrogen-bond donors (Lipinski definition) is 0. The van der Waals surface area contributed by atoms with Gasteiger partial charge in [-0.05, 0) is 0 Å². The highest BCUT2D eigenvalue weighted by Crippen LogP contribution is 2.20. The lowest BCUT2D eigenvalue weighted by atomic mass is 10.4. The maximum absolute atomic E-state index is 10.7. The zero-order valence-corrected chi connectivity index (χ0v) is 11.3. The molecule has 0 bridgehead atoms. The second-order valence-corrected chi connectivity index (χ2v) is 5.12. The molecule has 98 valence electrons. The quantitative estimate of drug-likeness (QED) is 0.449. The summed E-state index contributed by atoms with van der Waals surface area (Å²) in [4.78, 5) is 28.0. The molecular weight excluding hydrogens is 280 g/mol. The van der Waals surface area contributed by atoms with Crippen LogP contribution in [0.5, 0.6) is 0 Å². The van der Waals surface area contributed by atoms with E-state index < -0.39 is 4.92 Å². The van der Waals surface area contributed by atoms with Crippen LogP contribution in [0.15, 0.2) is 18.2 Å². The van der Waals surface area contributed by atoms with Crippen LogP contribution in [0.25, 0.3) is 0 Å². The van der Waals surface area contributed by atoms with Crippen LogP contribution >= 0.6 is 22.9 Å². The fraction of sp³-hybridized carbons (Fsp3) is 0.333.